The third-order valence-electron chi connectivity index (χ3n) is 3.03. The number of nitriles is 2. The van der Waals surface area contributed by atoms with Gasteiger partial charge in [0.15, 0.2) is 6.61 Å². The number of hydrogen-bond donors (Lipinski definition) is 0. The van der Waals surface area contributed by atoms with Crippen molar-refractivity contribution in [1.29, 1.82) is 10.5 Å². The van der Waals surface area contributed by atoms with E-state index in [1.807, 2.05) is 12.1 Å². The molecule has 25 heavy (non-hydrogen) atoms. The van der Waals surface area contributed by atoms with Crippen LogP contribution in [0.2, 0.25) is 0 Å². The molecular formula is C17H15BrFN3O3. The van der Waals surface area contributed by atoms with Gasteiger partial charge < -0.3 is 9.64 Å². The van der Waals surface area contributed by atoms with E-state index < -0.39 is 24.3 Å². The van der Waals surface area contributed by atoms with Crippen molar-refractivity contribution in [3.05, 3.63) is 40.1 Å². The maximum absolute atomic E-state index is 13.5. The summed E-state index contributed by atoms with van der Waals surface area (Å²) in [5.74, 6) is -1.79. The van der Waals surface area contributed by atoms with Gasteiger partial charge in [0.1, 0.15) is 5.82 Å². The molecule has 0 radical (unpaired) electrons. The Hall–Kier alpha value is -2.71. The van der Waals surface area contributed by atoms with Gasteiger partial charge in [-0.1, -0.05) is 15.9 Å². The maximum atomic E-state index is 13.5. The van der Waals surface area contributed by atoms with E-state index >= 15 is 0 Å². The minimum Gasteiger partial charge on any atom is -0.452 e. The highest BCUT2D eigenvalue weighted by Crippen LogP contribution is 2.16. The SMILES string of the molecule is N#CCCN(CCC#N)C(=O)COC(=O)/C=C/c1cc(Br)ccc1F. The number of hydrogen-bond acceptors (Lipinski definition) is 5. The average molecular weight is 408 g/mol. The molecule has 0 bridgehead atoms. The average Bonchev–Trinajstić information content (AvgIpc) is 2.60. The predicted molar refractivity (Wildman–Crippen MR) is 91.1 cm³/mol. The number of nitrogens with zero attached hydrogens (tertiary/aromatic N) is 3. The van der Waals surface area contributed by atoms with Crippen molar-refractivity contribution in [1.82, 2.24) is 4.90 Å². The van der Waals surface area contributed by atoms with E-state index in [1.165, 1.54) is 29.2 Å². The minimum absolute atomic E-state index is 0.118. The van der Waals surface area contributed by atoms with Gasteiger partial charge >= 0.3 is 5.97 Å². The fraction of sp³-hybridized carbons (Fsp3) is 0.294. The highest BCUT2D eigenvalue weighted by Gasteiger charge is 2.14. The lowest BCUT2D eigenvalue weighted by molar-refractivity contribution is -0.148. The van der Waals surface area contributed by atoms with Crippen LogP contribution < -0.4 is 0 Å². The van der Waals surface area contributed by atoms with Crippen molar-refractivity contribution in [2.24, 2.45) is 0 Å². The molecule has 1 rings (SSSR count). The predicted octanol–water partition coefficient (Wildman–Crippen LogP) is 2.80. The molecule has 0 unspecified atom stereocenters. The zero-order valence-electron chi connectivity index (χ0n) is 13.2. The van der Waals surface area contributed by atoms with Crippen molar-refractivity contribution >= 4 is 33.9 Å². The van der Waals surface area contributed by atoms with E-state index in [4.69, 9.17) is 15.3 Å². The lowest BCUT2D eigenvalue weighted by atomic mass is 10.2. The van der Waals surface area contributed by atoms with Crippen molar-refractivity contribution in [3.8, 4) is 12.1 Å². The van der Waals surface area contributed by atoms with Gasteiger partial charge in [-0.05, 0) is 24.3 Å². The summed E-state index contributed by atoms with van der Waals surface area (Å²) in [6, 6.07) is 8.09. The van der Waals surface area contributed by atoms with Crippen LogP contribution >= 0.6 is 15.9 Å². The molecular weight excluding hydrogens is 393 g/mol. The summed E-state index contributed by atoms with van der Waals surface area (Å²) in [5.41, 5.74) is 0.197. The molecule has 0 aliphatic heterocycles. The van der Waals surface area contributed by atoms with Crippen LogP contribution in [0, 0.1) is 28.5 Å². The third kappa shape index (κ3) is 7.60. The van der Waals surface area contributed by atoms with E-state index in [1.54, 1.807) is 0 Å². The van der Waals surface area contributed by atoms with Crippen LogP contribution in [0.25, 0.3) is 6.08 Å². The Balaban J connectivity index is 2.57. The van der Waals surface area contributed by atoms with Crippen molar-refractivity contribution in [3.63, 3.8) is 0 Å². The van der Waals surface area contributed by atoms with Crippen molar-refractivity contribution in [2.75, 3.05) is 19.7 Å². The quantitative estimate of drug-likeness (QED) is 0.487. The minimum atomic E-state index is -0.798. The van der Waals surface area contributed by atoms with Gasteiger partial charge in [0.2, 0.25) is 0 Å². The zero-order chi connectivity index (χ0) is 18.7. The fourth-order valence-electron chi connectivity index (χ4n) is 1.80. The van der Waals surface area contributed by atoms with Crippen LogP contribution in [-0.2, 0) is 14.3 Å². The van der Waals surface area contributed by atoms with Gasteiger partial charge in [0.25, 0.3) is 5.91 Å². The van der Waals surface area contributed by atoms with Crippen LogP contribution in [0.15, 0.2) is 28.7 Å². The molecule has 1 amide bonds. The Bertz CT molecular complexity index is 720. The Morgan fingerprint density at radius 3 is 2.48 bits per heavy atom. The maximum Gasteiger partial charge on any atom is 0.331 e. The second-order valence-corrected chi connectivity index (χ2v) is 5.72. The molecule has 130 valence electrons. The normalized spacial score (nSPS) is 10.1. The van der Waals surface area contributed by atoms with Crippen molar-refractivity contribution in [2.45, 2.75) is 12.8 Å². The molecule has 0 heterocycles. The van der Waals surface area contributed by atoms with Crippen LogP contribution in [0.4, 0.5) is 4.39 Å². The molecule has 0 atom stereocenters. The van der Waals surface area contributed by atoms with Crippen LogP contribution in [0.5, 0.6) is 0 Å². The standard InChI is InChI=1S/C17H15BrFN3O3/c18-14-4-5-15(19)13(11-14)3-6-17(24)25-12-16(23)22(9-1-7-20)10-2-8-21/h3-6,11H,1-2,9-10,12H2/b6-3+. The number of rotatable bonds is 8. The van der Waals surface area contributed by atoms with E-state index in [2.05, 4.69) is 15.9 Å². The first-order valence-corrected chi connectivity index (χ1v) is 8.08. The number of ether oxygens (including phenoxy) is 1. The lowest BCUT2D eigenvalue weighted by Gasteiger charge is -2.19. The summed E-state index contributed by atoms with van der Waals surface area (Å²) < 4.78 is 19.0. The molecule has 0 saturated carbocycles. The molecule has 0 aliphatic rings. The summed E-state index contributed by atoms with van der Waals surface area (Å²) >= 11 is 3.20. The van der Waals surface area contributed by atoms with Crippen LogP contribution in [0.1, 0.15) is 18.4 Å². The number of carbonyl (C=O) groups excluding carboxylic acids is 2. The largest absolute Gasteiger partial charge is 0.452 e. The highest BCUT2D eigenvalue weighted by molar-refractivity contribution is 9.10. The van der Waals surface area contributed by atoms with E-state index in [0.717, 1.165) is 6.08 Å². The Morgan fingerprint density at radius 1 is 1.24 bits per heavy atom. The molecule has 0 aliphatic carbocycles. The summed E-state index contributed by atoms with van der Waals surface area (Å²) in [6.07, 6.45) is 2.50. The Kier molecular flexibility index (Phi) is 8.91. The molecule has 0 spiro atoms. The second kappa shape index (κ2) is 11.0. The highest BCUT2D eigenvalue weighted by atomic mass is 79.9. The van der Waals surface area contributed by atoms with Crippen molar-refractivity contribution < 1.29 is 18.7 Å². The number of carbonyl (C=O) groups is 2. The first-order valence-electron chi connectivity index (χ1n) is 7.29. The summed E-state index contributed by atoms with van der Waals surface area (Å²) in [5, 5.41) is 17.2. The summed E-state index contributed by atoms with van der Waals surface area (Å²) in [4.78, 5) is 24.9. The number of halogens is 2. The summed E-state index contributed by atoms with van der Waals surface area (Å²) in [6.45, 7) is -0.192. The molecule has 8 heteroatoms. The lowest BCUT2D eigenvalue weighted by Crippen LogP contribution is -2.36. The zero-order valence-corrected chi connectivity index (χ0v) is 14.8. The monoisotopic (exact) mass is 407 g/mol. The van der Waals surface area contributed by atoms with Gasteiger partial charge in [-0.3, -0.25) is 4.79 Å². The molecule has 0 aromatic heterocycles. The van der Waals surface area contributed by atoms with Gasteiger partial charge in [0.05, 0.1) is 25.0 Å². The third-order valence-corrected chi connectivity index (χ3v) is 3.53. The van der Waals surface area contributed by atoms with Crippen LogP contribution in [-0.4, -0.2) is 36.5 Å². The number of esters is 1. The molecule has 1 aromatic rings. The molecule has 0 N–H and O–H groups in total. The van der Waals surface area contributed by atoms with Gasteiger partial charge in [-0.2, -0.15) is 10.5 Å². The Labute approximate surface area is 153 Å². The Morgan fingerprint density at radius 2 is 1.88 bits per heavy atom. The van der Waals surface area contributed by atoms with Gasteiger partial charge in [-0.15, -0.1) is 0 Å². The molecule has 0 fully saturated rings. The summed E-state index contributed by atoms with van der Waals surface area (Å²) in [7, 11) is 0. The van der Waals surface area contributed by atoms with Gasteiger partial charge in [-0.25, -0.2) is 9.18 Å². The van der Waals surface area contributed by atoms with Crippen LogP contribution in [0.3, 0.4) is 0 Å². The smallest absolute Gasteiger partial charge is 0.331 e. The fourth-order valence-corrected chi connectivity index (χ4v) is 2.18. The topological polar surface area (TPSA) is 94.2 Å². The number of benzene rings is 1. The first kappa shape index (κ1) is 20.3. The van der Waals surface area contributed by atoms with E-state index in [9.17, 15) is 14.0 Å². The van der Waals surface area contributed by atoms with E-state index in [-0.39, 0.29) is 31.5 Å². The number of amides is 1. The molecule has 0 saturated heterocycles. The van der Waals surface area contributed by atoms with E-state index in [0.29, 0.717) is 4.47 Å². The van der Waals surface area contributed by atoms with Gasteiger partial charge in [0, 0.05) is 29.2 Å². The second-order valence-electron chi connectivity index (χ2n) is 4.80. The molecule has 1 aromatic carbocycles. The molecule has 6 nitrogen and oxygen atoms in total. The first-order chi connectivity index (χ1) is 12.0.